The maximum Gasteiger partial charge on any atom is 0.290 e. The summed E-state index contributed by atoms with van der Waals surface area (Å²) in [6, 6.07) is 3.36. The van der Waals surface area contributed by atoms with Crippen LogP contribution in [0.4, 0.5) is 0 Å². The third kappa shape index (κ3) is 2.67. The van der Waals surface area contributed by atoms with Crippen LogP contribution in [0.1, 0.15) is 23.4 Å². The average Bonchev–Trinajstić information content (AvgIpc) is 2.97. The second-order valence-corrected chi connectivity index (χ2v) is 4.72. The lowest BCUT2D eigenvalue weighted by atomic mass is 10.3. The highest BCUT2D eigenvalue weighted by atomic mass is 79.9. The predicted octanol–water partition coefficient (Wildman–Crippen LogP) is 2.53. The highest BCUT2D eigenvalue weighted by molar-refractivity contribution is 9.10. The molecule has 84 valence electrons. The van der Waals surface area contributed by atoms with Gasteiger partial charge in [-0.25, -0.2) is 0 Å². The number of nitrogens with zero attached hydrogens (tertiary/aromatic N) is 1. The first-order valence-corrected chi connectivity index (χ1v) is 5.98. The van der Waals surface area contributed by atoms with Crippen molar-refractivity contribution in [1.82, 2.24) is 4.90 Å². The molecule has 1 aromatic rings. The Balaban J connectivity index is 2.06. The first kappa shape index (κ1) is 11.3. The first-order valence-electron chi connectivity index (χ1n) is 5.19. The Kier molecular flexibility index (Phi) is 3.35. The van der Waals surface area contributed by atoms with Crippen LogP contribution in [0.3, 0.4) is 0 Å². The maximum absolute atomic E-state index is 12.0. The van der Waals surface area contributed by atoms with E-state index in [2.05, 4.69) is 21.9 Å². The number of rotatable bonds is 4. The summed E-state index contributed by atoms with van der Waals surface area (Å²) in [7, 11) is 0. The van der Waals surface area contributed by atoms with Crippen LogP contribution in [0.15, 0.2) is 21.2 Å². The van der Waals surface area contributed by atoms with Gasteiger partial charge in [0.15, 0.2) is 10.4 Å². The highest BCUT2D eigenvalue weighted by Crippen LogP contribution is 2.30. The molecule has 0 atom stereocenters. The molecule has 0 spiro atoms. The quantitative estimate of drug-likeness (QED) is 0.795. The fourth-order valence-electron chi connectivity index (χ4n) is 1.53. The zero-order valence-corrected chi connectivity index (χ0v) is 10.4. The summed E-state index contributed by atoms with van der Waals surface area (Å²) in [6.45, 7) is 1.08. The number of furan rings is 1. The number of halogens is 1. The average molecular weight is 282 g/mol. The van der Waals surface area contributed by atoms with Crippen molar-refractivity contribution in [3.05, 3.63) is 22.6 Å². The number of carbonyl (C=O) groups is 1. The van der Waals surface area contributed by atoms with E-state index >= 15 is 0 Å². The SMILES string of the molecule is C#CCN(CC1CC1)C(=O)c1ccc(Br)o1. The van der Waals surface area contributed by atoms with Gasteiger partial charge >= 0.3 is 0 Å². The molecular formula is C12H12BrNO2. The molecule has 0 bridgehead atoms. The van der Waals surface area contributed by atoms with Gasteiger partial charge in [-0.1, -0.05) is 5.92 Å². The van der Waals surface area contributed by atoms with Crippen molar-refractivity contribution in [2.24, 2.45) is 5.92 Å². The van der Waals surface area contributed by atoms with E-state index in [9.17, 15) is 4.79 Å². The molecule has 1 aliphatic carbocycles. The zero-order valence-electron chi connectivity index (χ0n) is 8.78. The van der Waals surface area contributed by atoms with Gasteiger partial charge in [0.25, 0.3) is 5.91 Å². The van der Waals surface area contributed by atoms with E-state index in [1.54, 1.807) is 17.0 Å². The second-order valence-electron chi connectivity index (χ2n) is 3.94. The topological polar surface area (TPSA) is 33.5 Å². The van der Waals surface area contributed by atoms with Gasteiger partial charge in [-0.2, -0.15) is 0 Å². The molecular weight excluding hydrogens is 270 g/mol. The number of hydrogen-bond acceptors (Lipinski definition) is 2. The molecule has 3 nitrogen and oxygen atoms in total. The fourth-order valence-corrected chi connectivity index (χ4v) is 1.83. The lowest BCUT2D eigenvalue weighted by Crippen LogP contribution is -2.33. The first-order chi connectivity index (χ1) is 7.70. The summed E-state index contributed by atoms with van der Waals surface area (Å²) in [4.78, 5) is 13.7. The van der Waals surface area contributed by atoms with Crippen molar-refractivity contribution in [3.8, 4) is 12.3 Å². The zero-order chi connectivity index (χ0) is 11.5. The summed E-state index contributed by atoms with van der Waals surface area (Å²) in [5, 5.41) is 0. The normalized spacial score (nSPS) is 14.5. The highest BCUT2D eigenvalue weighted by Gasteiger charge is 2.27. The Morgan fingerprint density at radius 1 is 1.62 bits per heavy atom. The minimum absolute atomic E-state index is 0.129. The number of amides is 1. The molecule has 1 aliphatic rings. The molecule has 16 heavy (non-hydrogen) atoms. The Morgan fingerprint density at radius 3 is 2.88 bits per heavy atom. The van der Waals surface area contributed by atoms with Gasteiger partial charge in [0.2, 0.25) is 0 Å². The van der Waals surface area contributed by atoms with Crippen LogP contribution in [-0.4, -0.2) is 23.9 Å². The predicted molar refractivity (Wildman–Crippen MR) is 63.9 cm³/mol. The van der Waals surface area contributed by atoms with Gasteiger partial charge in [-0.05, 0) is 46.8 Å². The van der Waals surface area contributed by atoms with Gasteiger partial charge in [-0.15, -0.1) is 6.42 Å². The minimum atomic E-state index is -0.129. The van der Waals surface area contributed by atoms with Gasteiger partial charge in [0.05, 0.1) is 6.54 Å². The second kappa shape index (κ2) is 4.75. The number of terminal acetylenes is 1. The fraction of sp³-hybridized carbons (Fsp3) is 0.417. The van der Waals surface area contributed by atoms with Crippen molar-refractivity contribution in [2.45, 2.75) is 12.8 Å². The van der Waals surface area contributed by atoms with Crippen LogP contribution >= 0.6 is 15.9 Å². The maximum atomic E-state index is 12.0. The number of hydrogen-bond donors (Lipinski definition) is 0. The Bertz CT molecular complexity index is 428. The number of carbonyl (C=O) groups excluding carboxylic acids is 1. The van der Waals surface area contributed by atoms with E-state index in [-0.39, 0.29) is 5.91 Å². The van der Waals surface area contributed by atoms with Crippen LogP contribution in [0.5, 0.6) is 0 Å². The Labute approximate surface area is 103 Å². The molecule has 0 saturated heterocycles. The summed E-state index contributed by atoms with van der Waals surface area (Å²) < 4.78 is 5.79. The summed E-state index contributed by atoms with van der Waals surface area (Å²) in [6.07, 6.45) is 7.64. The van der Waals surface area contributed by atoms with E-state index in [0.717, 1.165) is 6.54 Å². The third-order valence-electron chi connectivity index (χ3n) is 2.53. The molecule has 1 fully saturated rings. The van der Waals surface area contributed by atoms with Gasteiger partial charge in [-0.3, -0.25) is 4.79 Å². The largest absolute Gasteiger partial charge is 0.444 e. The molecule has 1 saturated carbocycles. The Morgan fingerprint density at radius 2 is 2.38 bits per heavy atom. The van der Waals surface area contributed by atoms with Gasteiger partial charge in [0, 0.05) is 6.54 Å². The molecule has 1 heterocycles. The molecule has 1 aromatic heterocycles. The lowest BCUT2D eigenvalue weighted by molar-refractivity contribution is 0.0736. The monoisotopic (exact) mass is 281 g/mol. The van der Waals surface area contributed by atoms with Gasteiger partial charge < -0.3 is 9.32 Å². The molecule has 0 unspecified atom stereocenters. The molecule has 4 heteroatoms. The molecule has 0 N–H and O–H groups in total. The molecule has 0 aromatic carbocycles. The smallest absolute Gasteiger partial charge is 0.290 e. The van der Waals surface area contributed by atoms with Crippen molar-refractivity contribution >= 4 is 21.8 Å². The van der Waals surface area contributed by atoms with Crippen LogP contribution in [0.2, 0.25) is 0 Å². The van der Waals surface area contributed by atoms with E-state index < -0.39 is 0 Å². The summed E-state index contributed by atoms with van der Waals surface area (Å²) >= 11 is 3.17. The van der Waals surface area contributed by atoms with Crippen LogP contribution in [0, 0.1) is 18.3 Å². The van der Waals surface area contributed by atoms with E-state index in [4.69, 9.17) is 10.8 Å². The third-order valence-corrected chi connectivity index (χ3v) is 2.96. The summed E-state index contributed by atoms with van der Waals surface area (Å²) in [5.41, 5.74) is 0. The van der Waals surface area contributed by atoms with Crippen molar-refractivity contribution < 1.29 is 9.21 Å². The molecule has 0 radical (unpaired) electrons. The lowest BCUT2D eigenvalue weighted by Gasteiger charge is -2.18. The van der Waals surface area contributed by atoms with Crippen molar-refractivity contribution in [1.29, 1.82) is 0 Å². The van der Waals surface area contributed by atoms with Crippen molar-refractivity contribution in [3.63, 3.8) is 0 Å². The Hall–Kier alpha value is -1.21. The minimum Gasteiger partial charge on any atom is -0.444 e. The van der Waals surface area contributed by atoms with Gasteiger partial charge in [0.1, 0.15) is 0 Å². The molecule has 0 aliphatic heterocycles. The van der Waals surface area contributed by atoms with Crippen molar-refractivity contribution in [2.75, 3.05) is 13.1 Å². The molecule has 2 rings (SSSR count). The van der Waals surface area contributed by atoms with E-state index in [1.165, 1.54) is 12.8 Å². The summed E-state index contributed by atoms with van der Waals surface area (Å²) in [5.74, 6) is 3.34. The van der Waals surface area contributed by atoms with Crippen LogP contribution < -0.4 is 0 Å². The molecule has 1 amide bonds. The van der Waals surface area contributed by atoms with Crippen LogP contribution in [-0.2, 0) is 0 Å². The van der Waals surface area contributed by atoms with E-state index in [1.807, 2.05) is 0 Å². The standard InChI is InChI=1S/C12H12BrNO2/c1-2-7-14(8-9-3-4-9)12(15)10-5-6-11(13)16-10/h1,5-6,9H,3-4,7-8H2. The van der Waals surface area contributed by atoms with E-state index in [0.29, 0.717) is 22.9 Å². The van der Waals surface area contributed by atoms with Crippen LogP contribution in [0.25, 0.3) is 0 Å².